The maximum atomic E-state index is 2.39. The predicted octanol–water partition coefficient (Wildman–Crippen LogP) is 4.41. The van der Waals surface area contributed by atoms with Crippen molar-refractivity contribution in [3.05, 3.63) is 47.0 Å². The van der Waals surface area contributed by atoms with E-state index < -0.39 is 0 Å². The summed E-state index contributed by atoms with van der Waals surface area (Å²) in [4.78, 5) is 0. The Balaban J connectivity index is 2.51. The van der Waals surface area contributed by atoms with Gasteiger partial charge in [-0.05, 0) is 29.9 Å². The largest absolute Gasteiger partial charge is 0.0807 e. The molecule has 0 spiro atoms. The van der Waals surface area contributed by atoms with E-state index in [4.69, 9.17) is 0 Å². The topological polar surface area (TPSA) is 0 Å². The van der Waals surface area contributed by atoms with Crippen LogP contribution in [0.15, 0.2) is 30.4 Å². The maximum absolute atomic E-state index is 2.39. The molecule has 0 N–H and O–H groups in total. The van der Waals surface area contributed by atoms with Gasteiger partial charge in [0.15, 0.2) is 0 Å². The van der Waals surface area contributed by atoms with Crippen LogP contribution in [0.3, 0.4) is 0 Å². The van der Waals surface area contributed by atoms with Crippen LogP contribution in [0, 0.1) is 12.8 Å². The zero-order valence-electron chi connectivity index (χ0n) is 10.1. The van der Waals surface area contributed by atoms with Gasteiger partial charge in [0.25, 0.3) is 0 Å². The van der Waals surface area contributed by atoms with Crippen molar-refractivity contribution in [2.75, 3.05) is 0 Å². The van der Waals surface area contributed by atoms with Gasteiger partial charge < -0.3 is 0 Å². The van der Waals surface area contributed by atoms with E-state index in [0.29, 0.717) is 17.8 Å². The fourth-order valence-corrected chi connectivity index (χ4v) is 2.47. The van der Waals surface area contributed by atoms with E-state index in [1.165, 1.54) is 11.1 Å². The molecule has 80 valence electrons. The number of aryl methyl sites for hydroxylation is 1. The highest BCUT2D eigenvalue weighted by Gasteiger charge is 2.22. The van der Waals surface area contributed by atoms with Crippen molar-refractivity contribution in [3.8, 4) is 0 Å². The maximum Gasteiger partial charge on any atom is 0.00442 e. The second-order valence-corrected chi connectivity index (χ2v) is 5.08. The number of benzene rings is 1. The molecular weight excluding hydrogens is 180 g/mol. The molecule has 0 heteroatoms. The summed E-state index contributed by atoms with van der Waals surface area (Å²) in [6, 6.07) is 6.89. The summed E-state index contributed by atoms with van der Waals surface area (Å²) in [6.45, 7) is 9.07. The lowest BCUT2D eigenvalue weighted by Crippen LogP contribution is -2.12. The van der Waals surface area contributed by atoms with Gasteiger partial charge in [0.05, 0.1) is 0 Å². The molecule has 1 aromatic carbocycles. The minimum Gasteiger partial charge on any atom is -0.0807 e. The van der Waals surface area contributed by atoms with Crippen molar-refractivity contribution in [1.82, 2.24) is 0 Å². The molecule has 2 rings (SSSR count). The van der Waals surface area contributed by atoms with Crippen LogP contribution < -0.4 is 0 Å². The molecule has 1 aromatic rings. The third-order valence-corrected chi connectivity index (χ3v) is 3.42. The van der Waals surface area contributed by atoms with Crippen molar-refractivity contribution in [1.29, 1.82) is 0 Å². The average molecular weight is 200 g/mol. The Morgan fingerprint density at radius 3 is 2.47 bits per heavy atom. The number of fused-ring (bicyclic) bond motifs is 1. The van der Waals surface area contributed by atoms with Crippen LogP contribution in [-0.2, 0) is 0 Å². The van der Waals surface area contributed by atoms with Gasteiger partial charge in [0.1, 0.15) is 0 Å². The third kappa shape index (κ3) is 1.86. The second-order valence-electron chi connectivity index (χ2n) is 5.08. The monoisotopic (exact) mass is 200 g/mol. The highest BCUT2D eigenvalue weighted by Crippen LogP contribution is 2.37. The van der Waals surface area contributed by atoms with Gasteiger partial charge in [-0.2, -0.15) is 0 Å². The summed E-state index contributed by atoms with van der Waals surface area (Å²) in [7, 11) is 0. The van der Waals surface area contributed by atoms with Crippen LogP contribution >= 0.6 is 0 Å². The first kappa shape index (κ1) is 10.5. The zero-order chi connectivity index (χ0) is 11.0. The van der Waals surface area contributed by atoms with Crippen molar-refractivity contribution in [2.45, 2.75) is 39.5 Å². The first-order chi connectivity index (χ1) is 7.09. The molecule has 15 heavy (non-hydrogen) atoms. The predicted molar refractivity (Wildman–Crippen MR) is 66.3 cm³/mol. The number of rotatable bonds is 1. The van der Waals surface area contributed by atoms with Gasteiger partial charge in [-0.25, -0.2) is 0 Å². The molecule has 2 unspecified atom stereocenters. The highest BCUT2D eigenvalue weighted by molar-refractivity contribution is 5.43. The lowest BCUT2D eigenvalue weighted by molar-refractivity contribution is 0.562. The van der Waals surface area contributed by atoms with Crippen molar-refractivity contribution in [2.24, 2.45) is 5.92 Å². The normalized spacial score (nSPS) is 24.3. The molecule has 0 aliphatic heterocycles. The summed E-state index contributed by atoms with van der Waals surface area (Å²) in [5.41, 5.74) is 4.43. The third-order valence-electron chi connectivity index (χ3n) is 3.42. The molecule has 0 heterocycles. The van der Waals surface area contributed by atoms with E-state index in [-0.39, 0.29) is 0 Å². The SMILES string of the molecule is Cc1ccc2c(c1)C(C(C)C)C=CC2C. The quantitative estimate of drug-likeness (QED) is 0.589. The van der Waals surface area contributed by atoms with Crippen LogP contribution in [0.25, 0.3) is 0 Å². The molecular formula is C15H20. The average Bonchev–Trinajstić information content (AvgIpc) is 2.17. The van der Waals surface area contributed by atoms with Crippen molar-refractivity contribution in [3.63, 3.8) is 0 Å². The van der Waals surface area contributed by atoms with Gasteiger partial charge in [-0.1, -0.05) is 56.7 Å². The summed E-state index contributed by atoms with van der Waals surface area (Å²) >= 11 is 0. The molecule has 0 saturated carbocycles. The van der Waals surface area contributed by atoms with Crippen LogP contribution in [0.5, 0.6) is 0 Å². The second kappa shape index (κ2) is 3.84. The van der Waals surface area contributed by atoms with Crippen LogP contribution in [0.2, 0.25) is 0 Å². The van der Waals surface area contributed by atoms with Crippen molar-refractivity contribution >= 4 is 0 Å². The van der Waals surface area contributed by atoms with Crippen LogP contribution in [-0.4, -0.2) is 0 Å². The minimum absolute atomic E-state index is 0.579. The summed E-state index contributed by atoms with van der Waals surface area (Å²) in [5, 5.41) is 0. The molecule has 0 bridgehead atoms. The number of hydrogen-bond acceptors (Lipinski definition) is 0. The molecule has 0 aromatic heterocycles. The molecule has 0 radical (unpaired) electrons. The first-order valence-electron chi connectivity index (χ1n) is 5.88. The Kier molecular flexibility index (Phi) is 2.68. The number of allylic oxidation sites excluding steroid dienone is 2. The van der Waals surface area contributed by atoms with E-state index in [9.17, 15) is 0 Å². The molecule has 0 saturated heterocycles. The Bertz CT molecular complexity index is 385. The summed E-state index contributed by atoms with van der Waals surface area (Å²) in [5.74, 6) is 1.88. The van der Waals surface area contributed by atoms with Crippen LogP contribution in [0.4, 0.5) is 0 Å². The number of hydrogen-bond donors (Lipinski definition) is 0. The molecule has 0 nitrogen and oxygen atoms in total. The Labute approximate surface area is 93.0 Å². The van der Waals surface area contributed by atoms with E-state index in [2.05, 4.69) is 58.0 Å². The fraction of sp³-hybridized carbons (Fsp3) is 0.467. The Hall–Kier alpha value is -1.04. The smallest absolute Gasteiger partial charge is 0.00442 e. The van der Waals surface area contributed by atoms with Gasteiger partial charge in [0, 0.05) is 5.92 Å². The molecule has 1 aliphatic carbocycles. The van der Waals surface area contributed by atoms with Gasteiger partial charge >= 0.3 is 0 Å². The van der Waals surface area contributed by atoms with Crippen LogP contribution in [0.1, 0.15) is 49.3 Å². The fourth-order valence-electron chi connectivity index (χ4n) is 2.47. The lowest BCUT2D eigenvalue weighted by Gasteiger charge is -2.27. The van der Waals surface area contributed by atoms with Gasteiger partial charge in [0.2, 0.25) is 0 Å². The zero-order valence-corrected chi connectivity index (χ0v) is 10.1. The van der Waals surface area contributed by atoms with Gasteiger partial charge in [-0.3, -0.25) is 0 Å². The van der Waals surface area contributed by atoms with E-state index in [1.54, 1.807) is 5.56 Å². The van der Waals surface area contributed by atoms with Crippen molar-refractivity contribution < 1.29 is 0 Å². The molecule has 0 amide bonds. The minimum atomic E-state index is 0.579. The molecule has 2 atom stereocenters. The Morgan fingerprint density at radius 1 is 1.07 bits per heavy atom. The Morgan fingerprint density at radius 2 is 1.80 bits per heavy atom. The van der Waals surface area contributed by atoms with Gasteiger partial charge in [-0.15, -0.1) is 0 Å². The van der Waals surface area contributed by atoms with E-state index in [1.807, 2.05) is 0 Å². The highest BCUT2D eigenvalue weighted by atomic mass is 14.3. The van der Waals surface area contributed by atoms with E-state index in [0.717, 1.165) is 0 Å². The molecule has 1 aliphatic rings. The van der Waals surface area contributed by atoms with E-state index >= 15 is 0 Å². The summed E-state index contributed by atoms with van der Waals surface area (Å²) in [6.07, 6.45) is 4.74. The first-order valence-corrected chi connectivity index (χ1v) is 5.88. The lowest BCUT2D eigenvalue weighted by atomic mass is 9.77. The standard InChI is InChI=1S/C15H20/c1-10(2)13-8-6-12(4)14-7-5-11(3)9-15(13)14/h5-10,12-13H,1-4H3. The molecule has 0 fully saturated rings. The summed E-state index contributed by atoms with van der Waals surface area (Å²) < 4.78 is 0.